The van der Waals surface area contributed by atoms with Crippen molar-refractivity contribution in [3.8, 4) is 6.07 Å². The number of hydrogen-bond acceptors (Lipinski definition) is 3. The first kappa shape index (κ1) is 15.5. The second kappa shape index (κ2) is 7.80. The van der Waals surface area contributed by atoms with Gasteiger partial charge in [-0.15, -0.1) is 0 Å². The fourth-order valence-corrected chi connectivity index (χ4v) is 2.76. The normalized spacial score (nSPS) is 18.0. The van der Waals surface area contributed by atoms with Gasteiger partial charge in [-0.2, -0.15) is 5.26 Å². The van der Waals surface area contributed by atoms with Crippen molar-refractivity contribution in [2.75, 3.05) is 19.6 Å². The summed E-state index contributed by atoms with van der Waals surface area (Å²) in [4.78, 5) is 14.6. The molecule has 1 aromatic carbocycles. The second-order valence-electron chi connectivity index (χ2n) is 5.59. The van der Waals surface area contributed by atoms with Gasteiger partial charge in [-0.3, -0.25) is 4.79 Å². The number of nitriles is 1. The predicted molar refractivity (Wildman–Crippen MR) is 83.0 cm³/mol. The SMILES string of the molecule is CCCN(CC1CCCCN1)C(=O)c1ccc(C#N)cc1. The van der Waals surface area contributed by atoms with E-state index in [0.717, 1.165) is 32.5 Å². The van der Waals surface area contributed by atoms with Gasteiger partial charge in [0, 0.05) is 24.7 Å². The van der Waals surface area contributed by atoms with E-state index in [1.54, 1.807) is 24.3 Å². The zero-order chi connectivity index (χ0) is 15.1. The van der Waals surface area contributed by atoms with Gasteiger partial charge in [0.25, 0.3) is 5.91 Å². The van der Waals surface area contributed by atoms with Crippen LogP contribution in [0.1, 0.15) is 48.5 Å². The number of nitrogens with zero attached hydrogens (tertiary/aromatic N) is 2. The van der Waals surface area contributed by atoms with Crippen molar-refractivity contribution in [2.24, 2.45) is 0 Å². The molecule has 0 saturated carbocycles. The van der Waals surface area contributed by atoms with Crippen LogP contribution in [0, 0.1) is 11.3 Å². The lowest BCUT2D eigenvalue weighted by atomic mass is 10.0. The van der Waals surface area contributed by atoms with Crippen molar-refractivity contribution in [3.05, 3.63) is 35.4 Å². The Kier molecular flexibility index (Phi) is 5.77. The van der Waals surface area contributed by atoms with E-state index in [9.17, 15) is 4.79 Å². The number of benzene rings is 1. The molecule has 1 aliphatic heterocycles. The molecule has 1 unspecified atom stereocenters. The van der Waals surface area contributed by atoms with Crippen molar-refractivity contribution in [1.29, 1.82) is 5.26 Å². The van der Waals surface area contributed by atoms with Crippen molar-refractivity contribution in [2.45, 2.75) is 38.6 Å². The van der Waals surface area contributed by atoms with Crippen LogP contribution < -0.4 is 5.32 Å². The molecule has 1 fully saturated rings. The maximum absolute atomic E-state index is 12.6. The van der Waals surface area contributed by atoms with Gasteiger partial charge in [0.1, 0.15) is 0 Å². The summed E-state index contributed by atoms with van der Waals surface area (Å²) in [5.41, 5.74) is 1.25. The quantitative estimate of drug-likeness (QED) is 0.904. The largest absolute Gasteiger partial charge is 0.337 e. The first-order valence-corrected chi connectivity index (χ1v) is 7.77. The standard InChI is InChI=1S/C17H23N3O/c1-2-11-20(13-16-5-3-4-10-19-16)17(21)15-8-6-14(12-18)7-9-15/h6-9,16,19H,2-5,10-11,13H2,1H3. The number of nitrogens with one attached hydrogen (secondary N) is 1. The van der Waals surface area contributed by atoms with Crippen LogP contribution in [0.2, 0.25) is 0 Å². The van der Waals surface area contributed by atoms with Crippen molar-refractivity contribution >= 4 is 5.91 Å². The Bertz CT molecular complexity index is 498. The molecule has 4 nitrogen and oxygen atoms in total. The summed E-state index contributed by atoms with van der Waals surface area (Å²) >= 11 is 0. The van der Waals surface area contributed by atoms with E-state index >= 15 is 0 Å². The molecule has 4 heteroatoms. The second-order valence-corrected chi connectivity index (χ2v) is 5.59. The molecular formula is C17H23N3O. The highest BCUT2D eigenvalue weighted by Crippen LogP contribution is 2.12. The molecule has 112 valence electrons. The number of amides is 1. The summed E-state index contributed by atoms with van der Waals surface area (Å²) in [5, 5.41) is 12.3. The van der Waals surface area contributed by atoms with Crippen molar-refractivity contribution in [1.82, 2.24) is 10.2 Å². The van der Waals surface area contributed by atoms with Crippen LogP contribution in [-0.2, 0) is 0 Å². The molecule has 0 aromatic heterocycles. The highest BCUT2D eigenvalue weighted by molar-refractivity contribution is 5.94. The fourth-order valence-electron chi connectivity index (χ4n) is 2.76. The zero-order valence-corrected chi connectivity index (χ0v) is 12.6. The number of piperidine rings is 1. The van der Waals surface area contributed by atoms with Gasteiger partial charge in [-0.1, -0.05) is 13.3 Å². The summed E-state index contributed by atoms with van der Waals surface area (Å²) in [6.45, 7) is 4.69. The van der Waals surface area contributed by atoms with Crippen LogP contribution in [0.15, 0.2) is 24.3 Å². The van der Waals surface area contributed by atoms with Gasteiger partial charge in [-0.05, 0) is 50.1 Å². The molecule has 1 atom stereocenters. The van der Waals surface area contributed by atoms with Gasteiger partial charge in [0.2, 0.25) is 0 Å². The smallest absolute Gasteiger partial charge is 0.253 e. The van der Waals surface area contributed by atoms with E-state index in [1.165, 1.54) is 12.8 Å². The summed E-state index contributed by atoms with van der Waals surface area (Å²) < 4.78 is 0. The number of carbonyl (C=O) groups is 1. The topological polar surface area (TPSA) is 56.1 Å². The summed E-state index contributed by atoms with van der Waals surface area (Å²) in [6, 6.07) is 9.39. The minimum atomic E-state index is 0.0636. The average molecular weight is 285 g/mol. The third-order valence-electron chi connectivity index (χ3n) is 3.89. The van der Waals surface area contributed by atoms with Crippen LogP contribution in [0.4, 0.5) is 0 Å². The number of hydrogen-bond donors (Lipinski definition) is 1. The predicted octanol–water partition coefficient (Wildman–Crippen LogP) is 2.55. The van der Waals surface area contributed by atoms with Crippen LogP contribution in [0.5, 0.6) is 0 Å². The van der Waals surface area contributed by atoms with Crippen molar-refractivity contribution < 1.29 is 4.79 Å². The zero-order valence-electron chi connectivity index (χ0n) is 12.6. The molecule has 1 N–H and O–H groups in total. The minimum absolute atomic E-state index is 0.0636. The minimum Gasteiger partial charge on any atom is -0.337 e. The fraction of sp³-hybridized carbons (Fsp3) is 0.529. The number of rotatable bonds is 5. The van der Waals surface area contributed by atoms with Crippen molar-refractivity contribution in [3.63, 3.8) is 0 Å². The Labute approximate surface area is 126 Å². The summed E-state index contributed by atoms with van der Waals surface area (Å²) in [6.07, 6.45) is 4.56. The van der Waals surface area contributed by atoms with Crippen LogP contribution in [0.3, 0.4) is 0 Å². The molecule has 0 bridgehead atoms. The lowest BCUT2D eigenvalue weighted by Crippen LogP contribution is -2.46. The third kappa shape index (κ3) is 4.30. The van der Waals surface area contributed by atoms with Gasteiger partial charge >= 0.3 is 0 Å². The first-order valence-electron chi connectivity index (χ1n) is 7.77. The Balaban J connectivity index is 2.04. The molecule has 21 heavy (non-hydrogen) atoms. The Morgan fingerprint density at radius 1 is 1.38 bits per heavy atom. The molecule has 2 rings (SSSR count). The monoisotopic (exact) mass is 285 g/mol. The van der Waals surface area contributed by atoms with E-state index < -0.39 is 0 Å². The summed E-state index contributed by atoms with van der Waals surface area (Å²) in [5.74, 6) is 0.0636. The molecular weight excluding hydrogens is 262 g/mol. The third-order valence-corrected chi connectivity index (χ3v) is 3.89. The highest BCUT2D eigenvalue weighted by Gasteiger charge is 2.20. The summed E-state index contributed by atoms with van der Waals surface area (Å²) in [7, 11) is 0. The molecule has 1 heterocycles. The maximum atomic E-state index is 12.6. The highest BCUT2D eigenvalue weighted by atomic mass is 16.2. The molecule has 1 amide bonds. The van der Waals surface area contributed by atoms with Gasteiger partial charge in [-0.25, -0.2) is 0 Å². The van der Waals surface area contributed by atoms with Crippen LogP contribution >= 0.6 is 0 Å². The molecule has 0 spiro atoms. The lowest BCUT2D eigenvalue weighted by Gasteiger charge is -2.30. The average Bonchev–Trinajstić information content (AvgIpc) is 2.55. The Morgan fingerprint density at radius 2 is 2.14 bits per heavy atom. The van der Waals surface area contributed by atoms with E-state index in [-0.39, 0.29) is 5.91 Å². The van der Waals surface area contributed by atoms with Gasteiger partial charge in [0.15, 0.2) is 0 Å². The van der Waals surface area contributed by atoms with Gasteiger partial charge in [0.05, 0.1) is 11.6 Å². The molecule has 1 saturated heterocycles. The van der Waals surface area contributed by atoms with E-state index in [0.29, 0.717) is 17.2 Å². The molecule has 0 aliphatic carbocycles. The number of carbonyl (C=O) groups excluding carboxylic acids is 1. The van der Waals surface area contributed by atoms with Crippen LogP contribution in [0.25, 0.3) is 0 Å². The van der Waals surface area contributed by atoms with E-state index in [4.69, 9.17) is 5.26 Å². The molecule has 0 radical (unpaired) electrons. The first-order chi connectivity index (χ1) is 10.2. The Hall–Kier alpha value is -1.86. The van der Waals surface area contributed by atoms with E-state index in [1.807, 2.05) is 4.90 Å². The van der Waals surface area contributed by atoms with E-state index in [2.05, 4.69) is 18.3 Å². The molecule has 1 aromatic rings. The lowest BCUT2D eigenvalue weighted by molar-refractivity contribution is 0.0731. The molecule has 1 aliphatic rings. The van der Waals surface area contributed by atoms with Gasteiger partial charge < -0.3 is 10.2 Å². The van der Waals surface area contributed by atoms with Crippen LogP contribution in [-0.4, -0.2) is 36.5 Å². The maximum Gasteiger partial charge on any atom is 0.253 e. The Morgan fingerprint density at radius 3 is 2.71 bits per heavy atom.